The van der Waals surface area contributed by atoms with Gasteiger partial charge in [-0.05, 0) is 31.0 Å². The van der Waals surface area contributed by atoms with Crippen LogP contribution in [0, 0.1) is 0 Å². The summed E-state index contributed by atoms with van der Waals surface area (Å²) in [5, 5.41) is 3.71. The van der Waals surface area contributed by atoms with Gasteiger partial charge >= 0.3 is 0 Å². The van der Waals surface area contributed by atoms with Crippen molar-refractivity contribution in [1.29, 1.82) is 0 Å². The molecule has 1 N–H and O–H groups in total. The van der Waals surface area contributed by atoms with Crippen LogP contribution in [0.1, 0.15) is 30.0 Å². The summed E-state index contributed by atoms with van der Waals surface area (Å²) in [4.78, 5) is 2.53. The van der Waals surface area contributed by atoms with Crippen LogP contribution in [-0.4, -0.2) is 37.2 Å². The Bertz CT molecular complexity index is 747. The monoisotopic (exact) mass is 352 g/mol. The summed E-state index contributed by atoms with van der Waals surface area (Å²) in [7, 11) is 1.75. The fraction of sp³-hybridized carbons (Fsp3) is 0.455. The molecule has 2 aromatic rings. The van der Waals surface area contributed by atoms with Crippen LogP contribution in [0.15, 0.2) is 42.5 Å². The molecule has 0 radical (unpaired) electrons. The van der Waals surface area contributed by atoms with Crippen LogP contribution in [0.25, 0.3) is 0 Å². The number of methoxy groups -OCH3 is 1. The fourth-order valence-corrected chi connectivity index (χ4v) is 4.05. The third kappa shape index (κ3) is 3.87. The molecule has 4 nitrogen and oxygen atoms in total. The standard InChI is InChI=1S/C22H28N2O2/c1-16-10-18-11-21(25-2)19(12-22(18)26-16)13-23-20-8-9-24(15-20)14-17-6-4-3-5-7-17/h3-7,11-12,16,20,23H,8-10,13-15H2,1-2H3. The Kier molecular flexibility index (Phi) is 5.14. The van der Waals surface area contributed by atoms with Crippen LogP contribution in [0.4, 0.5) is 0 Å². The van der Waals surface area contributed by atoms with Crippen LogP contribution >= 0.6 is 0 Å². The number of hydrogen-bond donors (Lipinski definition) is 1. The minimum Gasteiger partial charge on any atom is -0.496 e. The quantitative estimate of drug-likeness (QED) is 0.864. The fourth-order valence-electron chi connectivity index (χ4n) is 4.05. The van der Waals surface area contributed by atoms with Crippen molar-refractivity contribution < 1.29 is 9.47 Å². The van der Waals surface area contributed by atoms with E-state index in [9.17, 15) is 0 Å². The first-order valence-electron chi connectivity index (χ1n) is 9.57. The number of nitrogens with zero attached hydrogens (tertiary/aromatic N) is 1. The normalized spacial score (nSPS) is 22.2. The van der Waals surface area contributed by atoms with E-state index in [2.05, 4.69) is 59.6 Å². The van der Waals surface area contributed by atoms with Gasteiger partial charge in [0.2, 0.25) is 0 Å². The number of benzene rings is 2. The van der Waals surface area contributed by atoms with Crippen molar-refractivity contribution in [3.63, 3.8) is 0 Å². The molecule has 1 saturated heterocycles. The largest absolute Gasteiger partial charge is 0.496 e. The second kappa shape index (κ2) is 7.68. The van der Waals surface area contributed by atoms with Gasteiger partial charge in [-0.3, -0.25) is 4.90 Å². The topological polar surface area (TPSA) is 33.7 Å². The van der Waals surface area contributed by atoms with Crippen molar-refractivity contribution in [2.24, 2.45) is 0 Å². The van der Waals surface area contributed by atoms with E-state index in [0.717, 1.165) is 44.1 Å². The van der Waals surface area contributed by atoms with Gasteiger partial charge in [-0.1, -0.05) is 30.3 Å². The number of nitrogens with one attached hydrogen (secondary N) is 1. The third-order valence-electron chi connectivity index (χ3n) is 5.40. The Morgan fingerprint density at radius 1 is 1.23 bits per heavy atom. The highest BCUT2D eigenvalue weighted by Gasteiger charge is 2.24. The van der Waals surface area contributed by atoms with Gasteiger partial charge in [0.15, 0.2) is 0 Å². The Hall–Kier alpha value is -2.04. The second-order valence-electron chi connectivity index (χ2n) is 7.49. The van der Waals surface area contributed by atoms with E-state index in [1.807, 2.05) is 0 Å². The van der Waals surface area contributed by atoms with E-state index in [-0.39, 0.29) is 6.10 Å². The summed E-state index contributed by atoms with van der Waals surface area (Å²) in [5.74, 6) is 1.99. The zero-order valence-electron chi connectivity index (χ0n) is 15.7. The average molecular weight is 352 g/mol. The molecule has 2 aliphatic rings. The molecule has 26 heavy (non-hydrogen) atoms. The first kappa shape index (κ1) is 17.4. The first-order chi connectivity index (χ1) is 12.7. The first-order valence-corrected chi connectivity index (χ1v) is 9.57. The predicted molar refractivity (Wildman–Crippen MR) is 104 cm³/mol. The molecule has 0 saturated carbocycles. The van der Waals surface area contributed by atoms with Gasteiger partial charge in [0.25, 0.3) is 0 Å². The highest BCUT2D eigenvalue weighted by atomic mass is 16.5. The van der Waals surface area contributed by atoms with E-state index < -0.39 is 0 Å². The maximum Gasteiger partial charge on any atom is 0.123 e. The Balaban J connectivity index is 1.34. The van der Waals surface area contributed by atoms with E-state index >= 15 is 0 Å². The number of likely N-dealkylation sites (tertiary alicyclic amines) is 1. The minimum absolute atomic E-state index is 0.263. The van der Waals surface area contributed by atoms with Crippen molar-refractivity contribution in [3.05, 3.63) is 59.2 Å². The molecule has 0 aromatic heterocycles. The van der Waals surface area contributed by atoms with Crippen molar-refractivity contribution in [1.82, 2.24) is 10.2 Å². The molecule has 0 bridgehead atoms. The summed E-state index contributed by atoms with van der Waals surface area (Å²) in [6.07, 6.45) is 2.42. The lowest BCUT2D eigenvalue weighted by atomic mass is 10.1. The summed E-state index contributed by atoms with van der Waals surface area (Å²) in [5.41, 5.74) is 3.83. The van der Waals surface area contributed by atoms with Crippen molar-refractivity contribution in [2.75, 3.05) is 20.2 Å². The molecule has 2 atom stereocenters. The van der Waals surface area contributed by atoms with Gasteiger partial charge in [-0.15, -0.1) is 0 Å². The average Bonchev–Trinajstić information content (AvgIpc) is 3.24. The second-order valence-corrected chi connectivity index (χ2v) is 7.49. The van der Waals surface area contributed by atoms with Crippen LogP contribution in [-0.2, 0) is 19.5 Å². The lowest BCUT2D eigenvalue weighted by Crippen LogP contribution is -2.32. The zero-order chi connectivity index (χ0) is 17.9. The number of hydrogen-bond acceptors (Lipinski definition) is 4. The molecule has 2 aromatic carbocycles. The number of ether oxygens (including phenoxy) is 2. The van der Waals surface area contributed by atoms with E-state index in [4.69, 9.17) is 9.47 Å². The highest BCUT2D eigenvalue weighted by molar-refractivity contribution is 5.48. The third-order valence-corrected chi connectivity index (χ3v) is 5.40. The maximum absolute atomic E-state index is 5.91. The minimum atomic E-state index is 0.263. The molecule has 2 unspecified atom stereocenters. The SMILES string of the molecule is COc1cc2c(cc1CNC1CCN(Cc3ccccc3)C1)OC(C)C2. The van der Waals surface area contributed by atoms with Gasteiger partial charge in [0.05, 0.1) is 7.11 Å². The van der Waals surface area contributed by atoms with Gasteiger partial charge in [-0.2, -0.15) is 0 Å². The Morgan fingerprint density at radius 3 is 2.88 bits per heavy atom. The molecule has 4 rings (SSSR count). The molecule has 0 amide bonds. The molecule has 1 fully saturated rings. The predicted octanol–water partition coefficient (Wildman–Crippen LogP) is 3.38. The van der Waals surface area contributed by atoms with Crippen LogP contribution < -0.4 is 14.8 Å². The van der Waals surface area contributed by atoms with E-state index in [1.54, 1.807) is 7.11 Å². The summed E-state index contributed by atoms with van der Waals surface area (Å²) in [6, 6.07) is 15.5. The molecule has 0 aliphatic carbocycles. The summed E-state index contributed by atoms with van der Waals surface area (Å²) < 4.78 is 11.5. The molecular formula is C22H28N2O2. The van der Waals surface area contributed by atoms with Crippen molar-refractivity contribution in [3.8, 4) is 11.5 Å². The van der Waals surface area contributed by atoms with Crippen LogP contribution in [0.5, 0.6) is 11.5 Å². The molecule has 2 aliphatic heterocycles. The molecule has 0 spiro atoms. The van der Waals surface area contributed by atoms with Gasteiger partial charge in [0, 0.05) is 49.8 Å². The Labute approximate surface area is 156 Å². The molecule has 4 heteroatoms. The highest BCUT2D eigenvalue weighted by Crippen LogP contribution is 2.35. The van der Waals surface area contributed by atoms with Crippen LogP contribution in [0.3, 0.4) is 0 Å². The molecular weight excluding hydrogens is 324 g/mol. The van der Waals surface area contributed by atoms with Crippen molar-refractivity contribution >= 4 is 0 Å². The van der Waals surface area contributed by atoms with E-state index in [0.29, 0.717) is 6.04 Å². The lowest BCUT2D eigenvalue weighted by molar-refractivity contribution is 0.254. The molecule has 2 heterocycles. The number of rotatable bonds is 6. The van der Waals surface area contributed by atoms with Crippen molar-refractivity contribution in [2.45, 2.75) is 45.0 Å². The molecule has 138 valence electrons. The summed E-state index contributed by atoms with van der Waals surface area (Å²) >= 11 is 0. The van der Waals surface area contributed by atoms with Gasteiger partial charge in [0.1, 0.15) is 17.6 Å². The van der Waals surface area contributed by atoms with Gasteiger partial charge in [-0.25, -0.2) is 0 Å². The maximum atomic E-state index is 5.91. The lowest BCUT2D eigenvalue weighted by Gasteiger charge is -2.18. The smallest absolute Gasteiger partial charge is 0.123 e. The number of fused-ring (bicyclic) bond motifs is 1. The Morgan fingerprint density at radius 2 is 2.08 bits per heavy atom. The zero-order valence-corrected chi connectivity index (χ0v) is 15.7. The van der Waals surface area contributed by atoms with Crippen LogP contribution in [0.2, 0.25) is 0 Å². The summed E-state index contributed by atoms with van der Waals surface area (Å²) in [6.45, 7) is 6.21. The van der Waals surface area contributed by atoms with Gasteiger partial charge < -0.3 is 14.8 Å². The van der Waals surface area contributed by atoms with E-state index in [1.165, 1.54) is 23.1 Å².